The van der Waals surface area contributed by atoms with Gasteiger partial charge >= 0.3 is 0 Å². The monoisotopic (exact) mass is 259 g/mol. The number of benzene rings is 1. The molecule has 1 aromatic carbocycles. The first kappa shape index (κ1) is 13.3. The molecule has 2 N–H and O–H groups in total. The third-order valence-corrected chi connectivity index (χ3v) is 2.40. The zero-order chi connectivity index (χ0) is 13.5. The molecule has 0 saturated carbocycles. The molecule has 0 spiro atoms. The third kappa shape index (κ3) is 3.66. The first-order chi connectivity index (χ1) is 9.33. The molecule has 0 aliphatic heterocycles. The van der Waals surface area contributed by atoms with Crippen molar-refractivity contribution in [3.63, 3.8) is 0 Å². The lowest BCUT2D eigenvalue weighted by Crippen LogP contribution is -2.02. The maximum Gasteiger partial charge on any atom is 0.238 e. The molecule has 5 heteroatoms. The quantitative estimate of drug-likeness (QED) is 0.863. The van der Waals surface area contributed by atoms with Crippen LogP contribution in [0.2, 0.25) is 0 Å². The van der Waals surface area contributed by atoms with E-state index < -0.39 is 0 Å². The van der Waals surface area contributed by atoms with Crippen LogP contribution in [0.5, 0.6) is 17.4 Å². The summed E-state index contributed by atoms with van der Waals surface area (Å²) in [7, 11) is 0. The Kier molecular flexibility index (Phi) is 4.69. The summed E-state index contributed by atoms with van der Waals surface area (Å²) in [5.41, 5.74) is 6.21. The Morgan fingerprint density at radius 3 is 2.68 bits per heavy atom. The molecule has 19 heavy (non-hydrogen) atoms. The van der Waals surface area contributed by atoms with Gasteiger partial charge in [0.05, 0.1) is 18.5 Å². The summed E-state index contributed by atoms with van der Waals surface area (Å²) in [5, 5.41) is 0. The number of nitrogens with two attached hydrogens (primary N) is 1. The Morgan fingerprint density at radius 2 is 1.95 bits per heavy atom. The summed E-state index contributed by atoms with van der Waals surface area (Å²) in [6.07, 6.45) is 4.11. The summed E-state index contributed by atoms with van der Waals surface area (Å²) in [6, 6.07) is 7.49. The predicted molar refractivity (Wildman–Crippen MR) is 72.2 cm³/mol. The zero-order valence-electron chi connectivity index (χ0n) is 10.9. The fourth-order valence-electron chi connectivity index (χ4n) is 1.51. The van der Waals surface area contributed by atoms with E-state index in [1.807, 2.05) is 24.3 Å². The Bertz CT molecular complexity index is 532. The lowest BCUT2D eigenvalue weighted by atomic mass is 10.3. The van der Waals surface area contributed by atoms with Crippen LogP contribution in [0.3, 0.4) is 0 Å². The van der Waals surface area contributed by atoms with Gasteiger partial charge in [0.25, 0.3) is 0 Å². The Morgan fingerprint density at radius 1 is 1.16 bits per heavy atom. The molecule has 0 atom stereocenters. The second-order valence-corrected chi connectivity index (χ2v) is 3.95. The van der Waals surface area contributed by atoms with Gasteiger partial charge in [0.1, 0.15) is 0 Å². The Hall–Kier alpha value is -2.14. The molecule has 1 aromatic heterocycles. The van der Waals surface area contributed by atoms with E-state index in [0.29, 0.717) is 36.2 Å². The van der Waals surface area contributed by atoms with E-state index in [1.54, 1.807) is 12.4 Å². The first-order valence-electron chi connectivity index (χ1n) is 6.24. The number of hydrogen-bond donors (Lipinski definition) is 1. The van der Waals surface area contributed by atoms with Crippen molar-refractivity contribution >= 4 is 0 Å². The summed E-state index contributed by atoms with van der Waals surface area (Å²) in [6.45, 7) is 3.03. The highest BCUT2D eigenvalue weighted by Gasteiger charge is 2.07. The molecule has 0 aliphatic carbocycles. The van der Waals surface area contributed by atoms with Gasteiger partial charge in [-0.2, -0.15) is 0 Å². The highest BCUT2D eigenvalue weighted by atomic mass is 16.5. The molecule has 0 saturated heterocycles. The zero-order valence-corrected chi connectivity index (χ0v) is 10.9. The summed E-state index contributed by atoms with van der Waals surface area (Å²) >= 11 is 0. The topological polar surface area (TPSA) is 70.3 Å². The van der Waals surface area contributed by atoms with Gasteiger partial charge in [-0.15, -0.1) is 0 Å². The SMILES string of the molecule is CCCOc1ccccc1Oc1cncc(CN)n1. The van der Waals surface area contributed by atoms with Crippen molar-refractivity contribution in [2.24, 2.45) is 5.73 Å². The molecule has 1 heterocycles. The molecule has 2 aromatic rings. The molecule has 0 aliphatic rings. The van der Waals surface area contributed by atoms with E-state index in [0.717, 1.165) is 6.42 Å². The van der Waals surface area contributed by atoms with Crippen molar-refractivity contribution in [1.29, 1.82) is 0 Å². The van der Waals surface area contributed by atoms with Gasteiger partial charge in [0, 0.05) is 12.7 Å². The van der Waals surface area contributed by atoms with E-state index in [9.17, 15) is 0 Å². The van der Waals surface area contributed by atoms with Gasteiger partial charge in [-0.25, -0.2) is 4.98 Å². The number of aromatic nitrogens is 2. The van der Waals surface area contributed by atoms with Crippen LogP contribution in [0, 0.1) is 0 Å². The Balaban J connectivity index is 2.17. The van der Waals surface area contributed by atoms with E-state index in [2.05, 4.69) is 16.9 Å². The van der Waals surface area contributed by atoms with Gasteiger partial charge in [0.15, 0.2) is 11.5 Å². The average molecular weight is 259 g/mol. The molecule has 0 bridgehead atoms. The molecule has 0 amide bonds. The van der Waals surface area contributed by atoms with Gasteiger partial charge in [-0.1, -0.05) is 19.1 Å². The maximum absolute atomic E-state index is 5.69. The Labute approximate surface area is 112 Å². The van der Waals surface area contributed by atoms with Crippen molar-refractivity contribution in [1.82, 2.24) is 9.97 Å². The second kappa shape index (κ2) is 6.70. The predicted octanol–water partition coefficient (Wildman–Crippen LogP) is 2.52. The van der Waals surface area contributed by atoms with Crippen LogP contribution in [0.25, 0.3) is 0 Å². The normalized spacial score (nSPS) is 10.2. The minimum Gasteiger partial charge on any atom is -0.490 e. The van der Waals surface area contributed by atoms with Crippen LogP contribution < -0.4 is 15.2 Å². The van der Waals surface area contributed by atoms with Crippen molar-refractivity contribution < 1.29 is 9.47 Å². The number of para-hydroxylation sites is 2. The van der Waals surface area contributed by atoms with Crippen molar-refractivity contribution in [3.05, 3.63) is 42.4 Å². The smallest absolute Gasteiger partial charge is 0.238 e. The lowest BCUT2D eigenvalue weighted by molar-refractivity contribution is 0.300. The molecule has 0 fully saturated rings. The minimum atomic E-state index is 0.332. The third-order valence-electron chi connectivity index (χ3n) is 2.40. The van der Waals surface area contributed by atoms with Crippen LogP contribution in [-0.2, 0) is 6.54 Å². The standard InChI is InChI=1S/C14H17N3O2/c1-2-7-18-12-5-3-4-6-13(12)19-14-10-16-9-11(8-15)17-14/h3-6,9-10H,2,7-8,15H2,1H3. The fraction of sp³-hybridized carbons (Fsp3) is 0.286. The summed E-state index contributed by atoms with van der Waals surface area (Å²) in [4.78, 5) is 8.28. The fourth-order valence-corrected chi connectivity index (χ4v) is 1.51. The molecule has 0 radical (unpaired) electrons. The molecular formula is C14H17N3O2. The van der Waals surface area contributed by atoms with Gasteiger partial charge in [0.2, 0.25) is 5.88 Å². The van der Waals surface area contributed by atoms with E-state index in [-0.39, 0.29) is 0 Å². The average Bonchev–Trinajstić information content (AvgIpc) is 2.46. The van der Waals surface area contributed by atoms with Crippen LogP contribution in [-0.4, -0.2) is 16.6 Å². The molecule has 0 unspecified atom stereocenters. The highest BCUT2D eigenvalue weighted by Crippen LogP contribution is 2.30. The van der Waals surface area contributed by atoms with E-state index in [1.165, 1.54) is 0 Å². The van der Waals surface area contributed by atoms with Crippen molar-refractivity contribution in [2.45, 2.75) is 19.9 Å². The van der Waals surface area contributed by atoms with Gasteiger partial charge < -0.3 is 15.2 Å². The largest absolute Gasteiger partial charge is 0.490 e. The number of ether oxygens (including phenoxy) is 2. The maximum atomic E-state index is 5.69. The van der Waals surface area contributed by atoms with Crippen LogP contribution in [0.15, 0.2) is 36.7 Å². The van der Waals surface area contributed by atoms with Crippen LogP contribution in [0.4, 0.5) is 0 Å². The van der Waals surface area contributed by atoms with Gasteiger partial charge in [-0.3, -0.25) is 4.98 Å². The number of hydrogen-bond acceptors (Lipinski definition) is 5. The van der Waals surface area contributed by atoms with E-state index >= 15 is 0 Å². The highest BCUT2D eigenvalue weighted by molar-refractivity contribution is 5.41. The lowest BCUT2D eigenvalue weighted by Gasteiger charge is -2.11. The van der Waals surface area contributed by atoms with E-state index in [4.69, 9.17) is 15.2 Å². The summed E-state index contributed by atoms with van der Waals surface area (Å²) < 4.78 is 11.3. The van der Waals surface area contributed by atoms with Crippen molar-refractivity contribution in [3.8, 4) is 17.4 Å². The second-order valence-electron chi connectivity index (χ2n) is 3.95. The molecular weight excluding hydrogens is 242 g/mol. The molecule has 100 valence electrons. The van der Waals surface area contributed by atoms with Crippen molar-refractivity contribution in [2.75, 3.05) is 6.61 Å². The number of nitrogens with zero attached hydrogens (tertiary/aromatic N) is 2. The first-order valence-corrected chi connectivity index (χ1v) is 6.24. The van der Waals surface area contributed by atoms with Gasteiger partial charge in [-0.05, 0) is 18.6 Å². The molecule has 2 rings (SSSR count). The summed E-state index contributed by atoms with van der Waals surface area (Å²) in [5.74, 6) is 1.74. The van der Waals surface area contributed by atoms with Crippen LogP contribution in [0.1, 0.15) is 19.0 Å². The number of rotatable bonds is 6. The van der Waals surface area contributed by atoms with Crippen LogP contribution >= 0.6 is 0 Å². The minimum absolute atomic E-state index is 0.332. The molecule has 5 nitrogen and oxygen atoms in total.